The van der Waals surface area contributed by atoms with E-state index in [-0.39, 0.29) is 12.8 Å². The number of nitrogens with two attached hydrogens (primary N) is 1. The van der Waals surface area contributed by atoms with Crippen molar-refractivity contribution >= 4 is 28.8 Å². The maximum atomic E-state index is 12.6. The van der Waals surface area contributed by atoms with Crippen molar-refractivity contribution < 1.29 is 18.7 Å². The van der Waals surface area contributed by atoms with Crippen LogP contribution in [0.5, 0.6) is 11.5 Å². The first-order valence-corrected chi connectivity index (χ1v) is 13.9. The number of carbonyl (C=O) groups is 1. The standard InChI is InChI=1S/C32H34ClFN2O3/c1-21-6-12-28(30(33)18-21)29-5-2-4-23-19-25(39-32(35)37)11-13-27(23)31(29)22-7-9-24(10-8-22)38-26-14-17-36(20-26)16-3-15-34/h6-13,18-19,26H,2-5,14-17,20H2,1H3,(H2,35,37)/t26-/m0/s1. The molecule has 1 fully saturated rings. The summed E-state index contributed by atoms with van der Waals surface area (Å²) in [6.07, 6.45) is 3.42. The molecule has 0 spiro atoms. The first kappa shape index (κ1) is 27.2. The number of benzene rings is 3. The molecular weight excluding hydrogens is 515 g/mol. The van der Waals surface area contributed by atoms with Crippen molar-refractivity contribution in [2.24, 2.45) is 5.73 Å². The van der Waals surface area contributed by atoms with Crippen LogP contribution in [0, 0.1) is 6.92 Å². The van der Waals surface area contributed by atoms with Crippen molar-refractivity contribution in [2.75, 3.05) is 26.3 Å². The lowest BCUT2D eigenvalue weighted by Gasteiger charge is -2.19. The Kier molecular flexibility index (Phi) is 8.53. The zero-order valence-electron chi connectivity index (χ0n) is 22.2. The zero-order chi connectivity index (χ0) is 27.4. The summed E-state index contributed by atoms with van der Waals surface area (Å²) in [6, 6.07) is 20.2. The number of aryl methyl sites for hydroxylation is 2. The number of halogens is 2. The van der Waals surface area contributed by atoms with Crippen molar-refractivity contribution in [3.8, 4) is 11.5 Å². The second kappa shape index (κ2) is 12.2. The number of hydrogen-bond acceptors (Lipinski definition) is 4. The molecule has 1 aliphatic carbocycles. The molecule has 2 aliphatic rings. The number of carbonyl (C=O) groups excluding carboxylic acids is 1. The zero-order valence-corrected chi connectivity index (χ0v) is 23.0. The van der Waals surface area contributed by atoms with Crippen molar-refractivity contribution in [1.82, 2.24) is 4.90 Å². The predicted molar refractivity (Wildman–Crippen MR) is 154 cm³/mol. The van der Waals surface area contributed by atoms with Gasteiger partial charge in [0.2, 0.25) is 0 Å². The van der Waals surface area contributed by atoms with Gasteiger partial charge in [-0.3, -0.25) is 9.29 Å². The van der Waals surface area contributed by atoms with Crippen LogP contribution < -0.4 is 15.2 Å². The van der Waals surface area contributed by atoms with Gasteiger partial charge in [-0.2, -0.15) is 0 Å². The summed E-state index contributed by atoms with van der Waals surface area (Å²) in [4.78, 5) is 13.6. The molecule has 7 heteroatoms. The lowest BCUT2D eigenvalue weighted by molar-refractivity contribution is 0.198. The van der Waals surface area contributed by atoms with Gasteiger partial charge in [0, 0.05) is 24.7 Å². The van der Waals surface area contributed by atoms with Crippen LogP contribution in [0.15, 0.2) is 60.7 Å². The van der Waals surface area contributed by atoms with Gasteiger partial charge in [-0.1, -0.05) is 41.9 Å². The third kappa shape index (κ3) is 6.45. The van der Waals surface area contributed by atoms with Gasteiger partial charge in [0.15, 0.2) is 0 Å². The minimum atomic E-state index is -0.824. The molecule has 39 heavy (non-hydrogen) atoms. The monoisotopic (exact) mass is 548 g/mol. The van der Waals surface area contributed by atoms with Crippen LogP contribution in [0.4, 0.5) is 9.18 Å². The minimum absolute atomic E-state index is 0.110. The highest BCUT2D eigenvalue weighted by atomic mass is 35.5. The Labute approximate surface area is 234 Å². The van der Waals surface area contributed by atoms with E-state index in [1.807, 2.05) is 37.3 Å². The summed E-state index contributed by atoms with van der Waals surface area (Å²) in [6.45, 7) is 4.30. The van der Waals surface area contributed by atoms with E-state index >= 15 is 0 Å². The Morgan fingerprint density at radius 3 is 2.56 bits per heavy atom. The predicted octanol–water partition coefficient (Wildman–Crippen LogP) is 7.21. The van der Waals surface area contributed by atoms with Gasteiger partial charge in [0.25, 0.3) is 0 Å². The third-order valence-corrected chi connectivity index (χ3v) is 7.78. The van der Waals surface area contributed by atoms with Crippen LogP contribution in [-0.4, -0.2) is 43.4 Å². The first-order chi connectivity index (χ1) is 18.9. The average Bonchev–Trinajstić information content (AvgIpc) is 3.27. The fraction of sp³-hybridized carbons (Fsp3) is 0.344. The van der Waals surface area contributed by atoms with E-state index in [1.54, 1.807) is 6.07 Å². The lowest BCUT2D eigenvalue weighted by atomic mass is 9.87. The average molecular weight is 549 g/mol. The molecule has 0 bridgehead atoms. The van der Waals surface area contributed by atoms with Crippen molar-refractivity contribution in [3.05, 3.63) is 93.5 Å². The molecule has 0 aromatic heterocycles. The SMILES string of the molecule is Cc1ccc(C2=C(c3ccc(O[C@H]4CCN(CCCF)C4)cc3)c3ccc(OC(N)=O)cc3CCC2)c(Cl)c1. The Balaban J connectivity index is 1.50. The van der Waals surface area contributed by atoms with E-state index in [1.165, 1.54) is 5.57 Å². The number of likely N-dealkylation sites (tertiary alicyclic amines) is 1. The van der Waals surface area contributed by atoms with Gasteiger partial charge in [0.05, 0.1) is 6.67 Å². The molecule has 1 aliphatic heterocycles. The van der Waals surface area contributed by atoms with Crippen molar-refractivity contribution in [1.29, 1.82) is 0 Å². The lowest BCUT2D eigenvalue weighted by Crippen LogP contribution is -2.26. The van der Waals surface area contributed by atoms with E-state index in [0.29, 0.717) is 12.2 Å². The number of allylic oxidation sites excluding steroid dienone is 1. The fourth-order valence-corrected chi connectivity index (χ4v) is 6.03. The Bertz CT molecular complexity index is 1370. The maximum absolute atomic E-state index is 12.6. The van der Waals surface area contributed by atoms with Gasteiger partial charge < -0.3 is 15.2 Å². The first-order valence-electron chi connectivity index (χ1n) is 13.6. The van der Waals surface area contributed by atoms with Gasteiger partial charge in [0.1, 0.15) is 17.6 Å². The van der Waals surface area contributed by atoms with Crippen LogP contribution in [-0.2, 0) is 6.42 Å². The number of nitrogens with zero attached hydrogens (tertiary/aromatic N) is 1. The molecule has 2 N–H and O–H groups in total. The van der Waals surface area contributed by atoms with E-state index in [9.17, 15) is 9.18 Å². The highest BCUT2D eigenvalue weighted by Crippen LogP contribution is 2.43. The van der Waals surface area contributed by atoms with Crippen LogP contribution in [0.25, 0.3) is 11.1 Å². The number of ether oxygens (including phenoxy) is 2. The second-order valence-electron chi connectivity index (χ2n) is 10.3. The van der Waals surface area contributed by atoms with Crippen molar-refractivity contribution in [2.45, 2.75) is 45.1 Å². The van der Waals surface area contributed by atoms with E-state index in [4.69, 9.17) is 26.8 Å². The molecule has 5 rings (SSSR count). The topological polar surface area (TPSA) is 64.8 Å². The molecular formula is C32H34ClFN2O3. The number of rotatable bonds is 8. The summed E-state index contributed by atoms with van der Waals surface area (Å²) in [5, 5.41) is 0.734. The fourth-order valence-electron chi connectivity index (χ4n) is 5.68. The smallest absolute Gasteiger partial charge is 0.409 e. The molecule has 5 nitrogen and oxygen atoms in total. The number of hydrogen-bond donors (Lipinski definition) is 1. The Morgan fingerprint density at radius 1 is 1.05 bits per heavy atom. The molecule has 0 saturated carbocycles. The van der Waals surface area contributed by atoms with Crippen LogP contribution >= 0.6 is 11.6 Å². The summed E-state index contributed by atoms with van der Waals surface area (Å²) >= 11 is 6.79. The number of primary amides is 1. The van der Waals surface area contributed by atoms with E-state index in [2.05, 4.69) is 29.2 Å². The summed E-state index contributed by atoms with van der Waals surface area (Å²) in [5.74, 6) is 1.27. The van der Waals surface area contributed by atoms with Crippen molar-refractivity contribution in [3.63, 3.8) is 0 Å². The molecule has 1 atom stereocenters. The molecule has 1 saturated heterocycles. The number of amides is 1. The maximum Gasteiger partial charge on any atom is 0.409 e. The molecule has 204 valence electrons. The number of fused-ring (bicyclic) bond motifs is 1. The van der Waals surface area contributed by atoms with E-state index in [0.717, 1.165) is 89.5 Å². The summed E-state index contributed by atoms with van der Waals surface area (Å²) < 4.78 is 24.0. The molecule has 0 unspecified atom stereocenters. The summed E-state index contributed by atoms with van der Waals surface area (Å²) in [7, 11) is 0. The largest absolute Gasteiger partial charge is 0.489 e. The quantitative estimate of drug-likeness (QED) is 0.323. The molecule has 3 aromatic rings. The minimum Gasteiger partial charge on any atom is -0.489 e. The summed E-state index contributed by atoms with van der Waals surface area (Å²) in [5.41, 5.74) is 13.0. The van der Waals surface area contributed by atoms with E-state index < -0.39 is 6.09 Å². The molecule has 1 amide bonds. The van der Waals surface area contributed by atoms with Gasteiger partial charge in [-0.05, 0) is 108 Å². The van der Waals surface area contributed by atoms with Crippen LogP contribution in [0.1, 0.15) is 53.5 Å². The van der Waals surface area contributed by atoms with Crippen LogP contribution in [0.3, 0.4) is 0 Å². The molecule has 3 aromatic carbocycles. The second-order valence-corrected chi connectivity index (χ2v) is 10.7. The normalized spacial score (nSPS) is 17.6. The Hall–Kier alpha value is -3.35. The highest BCUT2D eigenvalue weighted by Gasteiger charge is 2.25. The molecule has 0 radical (unpaired) electrons. The van der Waals surface area contributed by atoms with Gasteiger partial charge >= 0.3 is 6.09 Å². The third-order valence-electron chi connectivity index (χ3n) is 7.47. The molecule has 1 heterocycles. The van der Waals surface area contributed by atoms with Crippen LogP contribution in [0.2, 0.25) is 5.02 Å². The number of alkyl halides is 1. The van der Waals surface area contributed by atoms with Gasteiger partial charge in [-0.25, -0.2) is 4.79 Å². The highest BCUT2D eigenvalue weighted by molar-refractivity contribution is 6.32. The Morgan fingerprint density at radius 2 is 1.82 bits per heavy atom. The van der Waals surface area contributed by atoms with Gasteiger partial charge in [-0.15, -0.1) is 0 Å².